The highest BCUT2D eigenvalue weighted by atomic mass is 35.5. The molecule has 0 unspecified atom stereocenters. The summed E-state index contributed by atoms with van der Waals surface area (Å²) in [6.45, 7) is 4.05. The van der Waals surface area contributed by atoms with Gasteiger partial charge >= 0.3 is 0 Å². The van der Waals surface area contributed by atoms with Gasteiger partial charge in [0.2, 0.25) is 5.89 Å². The number of nitrogens with zero attached hydrogens (tertiary/aromatic N) is 1. The number of halogens is 2. The molecule has 3 aromatic rings. The largest absolute Gasteiger partial charge is 0.436 e. The lowest BCUT2D eigenvalue weighted by molar-refractivity contribution is 0.617. The quantitative estimate of drug-likeness (QED) is 0.598. The maximum Gasteiger partial charge on any atom is 0.227 e. The highest BCUT2D eigenvalue weighted by Gasteiger charge is 2.11. The first kappa shape index (κ1) is 12.5. The van der Waals surface area contributed by atoms with Crippen molar-refractivity contribution in [3.8, 4) is 11.5 Å². The number of oxazole rings is 1. The zero-order chi connectivity index (χ0) is 13.6. The van der Waals surface area contributed by atoms with E-state index in [2.05, 4.69) is 11.1 Å². The highest BCUT2D eigenvalue weighted by Crippen LogP contribution is 2.31. The van der Waals surface area contributed by atoms with Crippen LogP contribution in [0.3, 0.4) is 0 Å². The molecule has 0 fully saturated rings. The minimum absolute atomic E-state index is 0.495. The number of aromatic nitrogens is 1. The van der Waals surface area contributed by atoms with Crippen LogP contribution in [0.15, 0.2) is 34.7 Å². The van der Waals surface area contributed by atoms with Gasteiger partial charge in [0.15, 0.2) is 5.58 Å². The van der Waals surface area contributed by atoms with Crippen LogP contribution in [0, 0.1) is 13.8 Å². The van der Waals surface area contributed by atoms with Crippen LogP contribution in [0.2, 0.25) is 10.0 Å². The first-order valence-electron chi connectivity index (χ1n) is 5.88. The summed E-state index contributed by atoms with van der Waals surface area (Å²) >= 11 is 11.9. The minimum Gasteiger partial charge on any atom is -0.436 e. The monoisotopic (exact) mass is 291 g/mol. The summed E-state index contributed by atoms with van der Waals surface area (Å²) in [5.74, 6) is 0.558. The molecule has 0 aliphatic heterocycles. The van der Waals surface area contributed by atoms with Crippen molar-refractivity contribution < 1.29 is 4.42 Å². The van der Waals surface area contributed by atoms with Gasteiger partial charge in [0.25, 0.3) is 0 Å². The van der Waals surface area contributed by atoms with E-state index in [1.165, 1.54) is 5.56 Å². The Kier molecular flexibility index (Phi) is 3.00. The van der Waals surface area contributed by atoms with Crippen LogP contribution in [0.1, 0.15) is 11.1 Å². The van der Waals surface area contributed by atoms with Crippen molar-refractivity contribution in [3.63, 3.8) is 0 Å². The predicted octanol–water partition coefficient (Wildman–Crippen LogP) is 5.42. The van der Waals surface area contributed by atoms with Gasteiger partial charge in [-0.3, -0.25) is 0 Å². The lowest BCUT2D eigenvalue weighted by Gasteiger charge is -1.98. The second-order valence-electron chi connectivity index (χ2n) is 4.58. The molecule has 0 radical (unpaired) electrons. The number of hydrogen-bond donors (Lipinski definition) is 0. The van der Waals surface area contributed by atoms with Crippen LogP contribution in [0.4, 0.5) is 0 Å². The first-order chi connectivity index (χ1) is 9.04. The lowest BCUT2D eigenvalue weighted by atomic mass is 10.1. The van der Waals surface area contributed by atoms with Crippen LogP contribution in [0.25, 0.3) is 22.6 Å². The van der Waals surface area contributed by atoms with E-state index < -0.39 is 0 Å². The maximum atomic E-state index is 6.02. The molecule has 0 amide bonds. The molecule has 0 saturated carbocycles. The van der Waals surface area contributed by atoms with Crippen LogP contribution < -0.4 is 0 Å². The molecule has 0 aliphatic rings. The molecule has 0 aliphatic carbocycles. The minimum atomic E-state index is 0.495. The number of rotatable bonds is 1. The predicted molar refractivity (Wildman–Crippen MR) is 78.9 cm³/mol. The van der Waals surface area contributed by atoms with Gasteiger partial charge in [-0.1, -0.05) is 29.3 Å². The van der Waals surface area contributed by atoms with Gasteiger partial charge in [-0.2, -0.15) is 0 Å². The lowest BCUT2D eigenvalue weighted by Crippen LogP contribution is -1.78. The van der Waals surface area contributed by atoms with Crippen LogP contribution >= 0.6 is 23.2 Å². The molecule has 96 valence electrons. The van der Waals surface area contributed by atoms with Crippen molar-refractivity contribution in [2.24, 2.45) is 0 Å². The molecule has 0 spiro atoms. The van der Waals surface area contributed by atoms with E-state index in [1.54, 1.807) is 12.1 Å². The number of hydrogen-bond acceptors (Lipinski definition) is 2. The molecule has 0 N–H and O–H groups in total. The Bertz CT molecular complexity index is 777. The molecule has 3 rings (SSSR count). The van der Waals surface area contributed by atoms with E-state index in [-0.39, 0.29) is 0 Å². The fraction of sp³-hybridized carbons (Fsp3) is 0.133. The fourth-order valence-electron chi connectivity index (χ4n) is 2.13. The van der Waals surface area contributed by atoms with E-state index in [9.17, 15) is 0 Å². The second-order valence-corrected chi connectivity index (χ2v) is 5.39. The Morgan fingerprint density at radius 2 is 1.79 bits per heavy atom. The average molecular weight is 292 g/mol. The van der Waals surface area contributed by atoms with E-state index in [4.69, 9.17) is 27.6 Å². The molecule has 2 aromatic carbocycles. The molecular weight excluding hydrogens is 281 g/mol. The summed E-state index contributed by atoms with van der Waals surface area (Å²) < 4.78 is 5.82. The van der Waals surface area contributed by atoms with Crippen molar-refractivity contribution in [3.05, 3.63) is 51.5 Å². The van der Waals surface area contributed by atoms with Gasteiger partial charge in [-0.05, 0) is 49.2 Å². The molecule has 0 bridgehead atoms. The third-order valence-electron chi connectivity index (χ3n) is 2.99. The van der Waals surface area contributed by atoms with Crippen LogP contribution in [-0.4, -0.2) is 4.98 Å². The Labute approximate surface area is 121 Å². The molecule has 19 heavy (non-hydrogen) atoms. The summed E-state index contributed by atoms with van der Waals surface area (Å²) in [5.41, 5.74) is 4.74. The Hall–Kier alpha value is -1.51. The normalized spacial score (nSPS) is 11.2. The number of aryl methyl sites for hydroxylation is 2. The van der Waals surface area contributed by atoms with Gasteiger partial charge in [0.1, 0.15) is 5.52 Å². The highest BCUT2D eigenvalue weighted by molar-refractivity contribution is 6.42. The summed E-state index contributed by atoms with van der Waals surface area (Å²) in [4.78, 5) is 4.51. The summed E-state index contributed by atoms with van der Waals surface area (Å²) in [6, 6.07) is 9.43. The first-order valence-corrected chi connectivity index (χ1v) is 6.63. The zero-order valence-corrected chi connectivity index (χ0v) is 12.0. The van der Waals surface area contributed by atoms with Gasteiger partial charge in [-0.15, -0.1) is 0 Å². The van der Waals surface area contributed by atoms with Crippen LogP contribution in [0.5, 0.6) is 0 Å². The van der Waals surface area contributed by atoms with Crippen molar-refractivity contribution >= 4 is 34.3 Å². The molecular formula is C15H11Cl2NO. The molecule has 1 aromatic heterocycles. The molecule has 4 heteroatoms. The van der Waals surface area contributed by atoms with E-state index >= 15 is 0 Å². The zero-order valence-electron chi connectivity index (χ0n) is 10.5. The molecule has 2 nitrogen and oxygen atoms in total. The van der Waals surface area contributed by atoms with Gasteiger partial charge < -0.3 is 4.42 Å². The third-order valence-corrected chi connectivity index (χ3v) is 3.73. The average Bonchev–Trinajstić information content (AvgIpc) is 2.76. The SMILES string of the molecule is Cc1cc(C)c2oc(-c3ccc(Cl)c(Cl)c3)nc2c1. The smallest absolute Gasteiger partial charge is 0.227 e. The standard InChI is InChI=1S/C15H11Cl2NO/c1-8-5-9(2)14-13(6-8)18-15(19-14)10-3-4-11(16)12(17)7-10/h3-7H,1-2H3. The van der Waals surface area contributed by atoms with Crippen molar-refractivity contribution in [1.82, 2.24) is 4.98 Å². The van der Waals surface area contributed by atoms with Crippen molar-refractivity contribution in [2.45, 2.75) is 13.8 Å². The maximum absolute atomic E-state index is 6.02. The van der Waals surface area contributed by atoms with Gasteiger partial charge in [0, 0.05) is 5.56 Å². The van der Waals surface area contributed by atoms with E-state index in [1.807, 2.05) is 26.0 Å². The van der Waals surface area contributed by atoms with Crippen molar-refractivity contribution in [2.75, 3.05) is 0 Å². The Morgan fingerprint density at radius 1 is 1.00 bits per heavy atom. The topological polar surface area (TPSA) is 26.0 Å². The molecule has 0 atom stereocenters. The van der Waals surface area contributed by atoms with Crippen LogP contribution in [-0.2, 0) is 0 Å². The van der Waals surface area contributed by atoms with Gasteiger partial charge in [0.05, 0.1) is 10.0 Å². The summed E-state index contributed by atoms with van der Waals surface area (Å²) in [7, 11) is 0. The number of fused-ring (bicyclic) bond motifs is 1. The summed E-state index contributed by atoms with van der Waals surface area (Å²) in [6.07, 6.45) is 0. The van der Waals surface area contributed by atoms with E-state index in [0.717, 1.165) is 22.2 Å². The van der Waals surface area contributed by atoms with Crippen molar-refractivity contribution in [1.29, 1.82) is 0 Å². The summed E-state index contributed by atoms with van der Waals surface area (Å²) in [5, 5.41) is 1.02. The molecule has 0 saturated heterocycles. The Balaban J connectivity index is 2.20. The third kappa shape index (κ3) is 2.22. The second kappa shape index (κ2) is 4.55. The fourth-order valence-corrected chi connectivity index (χ4v) is 2.43. The molecule has 1 heterocycles. The Morgan fingerprint density at radius 3 is 2.53 bits per heavy atom. The van der Waals surface area contributed by atoms with Gasteiger partial charge in [-0.25, -0.2) is 4.98 Å². The number of benzene rings is 2. The van der Waals surface area contributed by atoms with E-state index in [0.29, 0.717) is 15.9 Å².